The number of carbonyl (C=O) groups excluding carboxylic acids is 1. The predicted molar refractivity (Wildman–Crippen MR) is 69.2 cm³/mol. The highest BCUT2D eigenvalue weighted by molar-refractivity contribution is 7.12. The number of thiophene rings is 1. The van der Waals surface area contributed by atoms with Gasteiger partial charge in [0, 0.05) is 6.54 Å². The van der Waals surface area contributed by atoms with Crippen LogP contribution in [0.4, 0.5) is 0 Å². The number of carbonyl (C=O) groups is 1. The maximum atomic E-state index is 11.9. The van der Waals surface area contributed by atoms with Crippen LogP contribution in [0.25, 0.3) is 0 Å². The number of halogens is 1. The van der Waals surface area contributed by atoms with E-state index in [9.17, 15) is 4.79 Å². The molecule has 1 saturated carbocycles. The summed E-state index contributed by atoms with van der Waals surface area (Å²) in [5, 5.41) is 4.96. The summed E-state index contributed by atoms with van der Waals surface area (Å²) in [6.07, 6.45) is 2.36. The average Bonchev–Trinajstić information content (AvgIpc) is 2.94. The van der Waals surface area contributed by atoms with Crippen molar-refractivity contribution in [3.8, 4) is 0 Å². The molecule has 0 aliphatic heterocycles. The summed E-state index contributed by atoms with van der Waals surface area (Å²) >= 11 is 1.46. The van der Waals surface area contributed by atoms with Gasteiger partial charge in [-0.05, 0) is 37.1 Å². The van der Waals surface area contributed by atoms with Crippen LogP contribution in [0.15, 0.2) is 17.5 Å². The van der Waals surface area contributed by atoms with Gasteiger partial charge in [0.1, 0.15) is 0 Å². The van der Waals surface area contributed by atoms with Crippen molar-refractivity contribution in [1.82, 2.24) is 5.32 Å². The molecule has 1 aromatic rings. The standard InChI is InChI=1S/C11H16N2OS.ClH/c1-11(7-12,8-4-5-8)13-10(14)9-3-2-6-15-9;/h2-3,6,8H,4-5,7,12H2,1H3,(H,13,14);1H. The second kappa shape index (κ2) is 5.17. The van der Waals surface area contributed by atoms with Crippen molar-refractivity contribution in [3.63, 3.8) is 0 Å². The number of nitrogens with two attached hydrogens (primary N) is 1. The molecule has 1 aromatic heterocycles. The monoisotopic (exact) mass is 260 g/mol. The molecule has 16 heavy (non-hydrogen) atoms. The molecule has 1 atom stereocenters. The maximum Gasteiger partial charge on any atom is 0.261 e. The van der Waals surface area contributed by atoms with Gasteiger partial charge < -0.3 is 11.1 Å². The van der Waals surface area contributed by atoms with E-state index >= 15 is 0 Å². The zero-order valence-electron chi connectivity index (χ0n) is 9.23. The van der Waals surface area contributed by atoms with Crippen LogP contribution >= 0.6 is 23.7 Å². The molecule has 1 fully saturated rings. The van der Waals surface area contributed by atoms with Crippen molar-refractivity contribution >= 4 is 29.7 Å². The zero-order chi connectivity index (χ0) is 10.9. The molecule has 0 bridgehead atoms. The molecule has 5 heteroatoms. The first-order valence-electron chi connectivity index (χ1n) is 5.22. The molecule has 3 N–H and O–H groups in total. The third-order valence-corrected chi connectivity index (χ3v) is 3.92. The minimum Gasteiger partial charge on any atom is -0.345 e. The lowest BCUT2D eigenvalue weighted by Crippen LogP contribution is -2.53. The molecule has 1 aliphatic rings. The lowest BCUT2D eigenvalue weighted by molar-refractivity contribution is 0.0902. The molecule has 3 nitrogen and oxygen atoms in total. The van der Waals surface area contributed by atoms with Crippen molar-refractivity contribution in [1.29, 1.82) is 0 Å². The van der Waals surface area contributed by atoms with Gasteiger partial charge >= 0.3 is 0 Å². The van der Waals surface area contributed by atoms with Gasteiger partial charge in [0.15, 0.2) is 0 Å². The average molecular weight is 261 g/mol. The fourth-order valence-corrected chi connectivity index (χ4v) is 2.39. The van der Waals surface area contributed by atoms with Crippen molar-refractivity contribution < 1.29 is 4.79 Å². The molecule has 0 radical (unpaired) electrons. The first kappa shape index (κ1) is 13.5. The molecule has 0 aromatic carbocycles. The third-order valence-electron chi connectivity index (χ3n) is 3.05. The summed E-state index contributed by atoms with van der Waals surface area (Å²) in [7, 11) is 0. The Labute approximate surface area is 106 Å². The fourth-order valence-electron chi connectivity index (χ4n) is 1.77. The van der Waals surface area contributed by atoms with Crippen molar-refractivity contribution in [3.05, 3.63) is 22.4 Å². The predicted octanol–water partition coefficient (Wildman–Crippen LogP) is 2.03. The lowest BCUT2D eigenvalue weighted by atomic mass is 9.96. The van der Waals surface area contributed by atoms with Gasteiger partial charge in [0.25, 0.3) is 5.91 Å². The molecule has 90 valence electrons. The molecular weight excluding hydrogens is 244 g/mol. The smallest absolute Gasteiger partial charge is 0.261 e. The first-order valence-corrected chi connectivity index (χ1v) is 6.10. The van der Waals surface area contributed by atoms with Gasteiger partial charge in [-0.1, -0.05) is 6.07 Å². The summed E-state index contributed by atoms with van der Waals surface area (Å²) in [4.78, 5) is 12.6. The van der Waals surface area contributed by atoms with Crippen LogP contribution in [0, 0.1) is 5.92 Å². The molecule has 1 aliphatic carbocycles. The molecule has 0 saturated heterocycles. The Hall–Kier alpha value is -0.580. The normalized spacial score (nSPS) is 18.4. The summed E-state index contributed by atoms with van der Waals surface area (Å²) < 4.78 is 0. The van der Waals surface area contributed by atoms with E-state index in [2.05, 4.69) is 5.32 Å². The van der Waals surface area contributed by atoms with Crippen LogP contribution < -0.4 is 11.1 Å². The SMILES string of the molecule is CC(CN)(NC(=O)c1cccs1)C1CC1.Cl. The molecule has 1 heterocycles. The molecule has 1 unspecified atom stereocenters. The summed E-state index contributed by atoms with van der Waals surface area (Å²) in [5.41, 5.74) is 5.52. The second-order valence-electron chi connectivity index (χ2n) is 4.33. The van der Waals surface area contributed by atoms with Crippen molar-refractivity contribution in [2.45, 2.75) is 25.3 Å². The minimum atomic E-state index is -0.221. The molecule has 0 spiro atoms. The van der Waals surface area contributed by atoms with Gasteiger partial charge in [-0.2, -0.15) is 0 Å². The van der Waals surface area contributed by atoms with Crippen LogP contribution in [0.5, 0.6) is 0 Å². The Morgan fingerprint density at radius 1 is 1.69 bits per heavy atom. The van der Waals surface area contributed by atoms with E-state index < -0.39 is 0 Å². The maximum absolute atomic E-state index is 11.9. The van der Waals surface area contributed by atoms with Crippen LogP contribution in [-0.2, 0) is 0 Å². The summed E-state index contributed by atoms with van der Waals surface area (Å²) in [5.74, 6) is 0.566. The van der Waals surface area contributed by atoms with E-state index in [1.165, 1.54) is 24.2 Å². The Balaban J connectivity index is 0.00000128. The van der Waals surface area contributed by atoms with Gasteiger partial charge in [0.05, 0.1) is 10.4 Å². The minimum absolute atomic E-state index is 0. The second-order valence-corrected chi connectivity index (χ2v) is 5.27. The van der Waals surface area contributed by atoms with Crippen LogP contribution in [0.3, 0.4) is 0 Å². The molecular formula is C11H17ClN2OS. The van der Waals surface area contributed by atoms with Gasteiger partial charge in [-0.15, -0.1) is 23.7 Å². The van der Waals surface area contributed by atoms with Crippen LogP contribution in [0.1, 0.15) is 29.4 Å². The molecule has 1 amide bonds. The number of hydrogen-bond acceptors (Lipinski definition) is 3. The van der Waals surface area contributed by atoms with Crippen LogP contribution in [0.2, 0.25) is 0 Å². The number of hydrogen-bond donors (Lipinski definition) is 2. The van der Waals surface area contributed by atoms with E-state index in [0.29, 0.717) is 12.5 Å². The van der Waals surface area contributed by atoms with E-state index in [4.69, 9.17) is 5.73 Å². The van der Waals surface area contributed by atoms with Gasteiger partial charge in [-0.25, -0.2) is 0 Å². The summed E-state index contributed by atoms with van der Waals surface area (Å²) in [6.45, 7) is 2.55. The van der Waals surface area contributed by atoms with Crippen molar-refractivity contribution in [2.24, 2.45) is 11.7 Å². The highest BCUT2D eigenvalue weighted by Crippen LogP contribution is 2.39. The zero-order valence-corrected chi connectivity index (χ0v) is 10.9. The van der Waals surface area contributed by atoms with E-state index in [-0.39, 0.29) is 23.9 Å². The Kier molecular flexibility index (Phi) is 4.35. The Bertz CT molecular complexity index is 351. The number of amides is 1. The largest absolute Gasteiger partial charge is 0.345 e. The topological polar surface area (TPSA) is 55.1 Å². The number of rotatable bonds is 4. The van der Waals surface area contributed by atoms with Crippen molar-refractivity contribution in [2.75, 3.05) is 6.54 Å². The lowest BCUT2D eigenvalue weighted by Gasteiger charge is -2.29. The third kappa shape index (κ3) is 2.75. The van der Waals surface area contributed by atoms with Gasteiger partial charge in [0.2, 0.25) is 0 Å². The highest BCUT2D eigenvalue weighted by atomic mass is 35.5. The molecule has 2 rings (SSSR count). The van der Waals surface area contributed by atoms with E-state index in [1.54, 1.807) is 0 Å². The first-order chi connectivity index (χ1) is 7.15. The van der Waals surface area contributed by atoms with Gasteiger partial charge in [-0.3, -0.25) is 4.79 Å². The Morgan fingerprint density at radius 2 is 2.38 bits per heavy atom. The highest BCUT2D eigenvalue weighted by Gasteiger charge is 2.41. The van der Waals surface area contributed by atoms with Crippen LogP contribution in [-0.4, -0.2) is 18.0 Å². The van der Waals surface area contributed by atoms with E-state index in [1.807, 2.05) is 24.4 Å². The fraction of sp³-hybridized carbons (Fsp3) is 0.545. The van der Waals surface area contributed by atoms with E-state index in [0.717, 1.165) is 4.88 Å². The number of nitrogens with one attached hydrogen (secondary N) is 1. The Morgan fingerprint density at radius 3 is 2.81 bits per heavy atom. The quantitative estimate of drug-likeness (QED) is 0.870. The summed E-state index contributed by atoms with van der Waals surface area (Å²) in [6, 6.07) is 3.72.